The number of para-hydroxylation sites is 2. The summed E-state index contributed by atoms with van der Waals surface area (Å²) in [4.78, 5) is 4.11. The summed E-state index contributed by atoms with van der Waals surface area (Å²) in [5.41, 5.74) is 5.82. The van der Waals surface area contributed by atoms with Crippen LogP contribution in [0.15, 0.2) is 29.3 Å². The monoisotopic (exact) mass is 477 g/mol. The molecular weight excluding hydrogens is 454 g/mol. The lowest BCUT2D eigenvalue weighted by molar-refractivity contribution is -0.274. The van der Waals surface area contributed by atoms with Gasteiger partial charge in [0.15, 0.2) is 11.7 Å². The van der Waals surface area contributed by atoms with Crippen molar-refractivity contribution in [3.05, 3.63) is 24.3 Å². The number of nitrogens with two attached hydrogens (primary N) is 1. The first-order chi connectivity index (χ1) is 10.8. The van der Waals surface area contributed by atoms with Gasteiger partial charge in [0.2, 0.25) is 0 Å². The Labute approximate surface area is 161 Å². The number of benzene rings is 1. The summed E-state index contributed by atoms with van der Waals surface area (Å²) < 4.78 is 40.9. The zero-order valence-corrected chi connectivity index (χ0v) is 16.7. The number of rotatable bonds is 8. The van der Waals surface area contributed by atoms with Crippen molar-refractivity contribution in [1.29, 1.82) is 0 Å². The molecule has 24 heavy (non-hydrogen) atoms. The number of aliphatic imine (C=N–C) groups is 1. The third-order valence-electron chi connectivity index (χ3n) is 2.56. The summed E-state index contributed by atoms with van der Waals surface area (Å²) in [5, 5.41) is 2.64. The molecular formula is C15H23F3IN3OS. The van der Waals surface area contributed by atoms with Crippen LogP contribution in [0.3, 0.4) is 0 Å². The van der Waals surface area contributed by atoms with Crippen molar-refractivity contribution < 1.29 is 17.9 Å². The molecule has 0 saturated carbocycles. The quantitative estimate of drug-likeness (QED) is 0.247. The van der Waals surface area contributed by atoms with Gasteiger partial charge in [-0.05, 0) is 36.0 Å². The van der Waals surface area contributed by atoms with Gasteiger partial charge in [0.25, 0.3) is 0 Å². The highest BCUT2D eigenvalue weighted by atomic mass is 127. The Balaban J connectivity index is 0.00000529. The fourth-order valence-electron chi connectivity index (χ4n) is 1.65. The minimum atomic E-state index is -4.75. The van der Waals surface area contributed by atoms with E-state index in [0.29, 0.717) is 12.5 Å². The number of nitrogens with zero attached hydrogens (tertiary/aromatic N) is 1. The molecule has 0 aliphatic rings. The van der Waals surface area contributed by atoms with Gasteiger partial charge >= 0.3 is 6.36 Å². The van der Waals surface area contributed by atoms with Crippen molar-refractivity contribution in [2.24, 2.45) is 16.6 Å². The third kappa shape index (κ3) is 10.8. The van der Waals surface area contributed by atoms with Gasteiger partial charge in [-0.15, -0.1) is 37.1 Å². The fourth-order valence-corrected chi connectivity index (χ4v) is 2.62. The zero-order valence-electron chi connectivity index (χ0n) is 13.6. The van der Waals surface area contributed by atoms with Crippen LogP contribution in [0.4, 0.5) is 18.9 Å². The van der Waals surface area contributed by atoms with Gasteiger partial charge in [0.05, 0.1) is 5.69 Å². The highest BCUT2D eigenvalue weighted by Crippen LogP contribution is 2.29. The molecule has 1 aromatic carbocycles. The highest BCUT2D eigenvalue weighted by Gasteiger charge is 2.32. The number of anilines is 1. The Morgan fingerprint density at radius 3 is 2.62 bits per heavy atom. The molecule has 0 fully saturated rings. The molecule has 0 aliphatic carbocycles. The molecule has 0 bridgehead atoms. The number of alkyl halides is 3. The van der Waals surface area contributed by atoms with Crippen LogP contribution in [-0.2, 0) is 0 Å². The van der Waals surface area contributed by atoms with Crippen molar-refractivity contribution in [2.75, 3.05) is 23.4 Å². The largest absolute Gasteiger partial charge is 0.573 e. The van der Waals surface area contributed by atoms with Crippen molar-refractivity contribution in [3.8, 4) is 5.75 Å². The summed E-state index contributed by atoms with van der Waals surface area (Å²) in [7, 11) is 0. The minimum Gasteiger partial charge on any atom is -0.404 e. The van der Waals surface area contributed by atoms with Crippen molar-refractivity contribution >= 4 is 47.4 Å². The summed E-state index contributed by atoms with van der Waals surface area (Å²) >= 11 is 1.85. The maximum atomic E-state index is 12.3. The number of hydrogen-bond acceptors (Lipinski definition) is 3. The van der Waals surface area contributed by atoms with Crippen molar-refractivity contribution in [2.45, 2.75) is 26.6 Å². The number of nitrogens with one attached hydrogen (secondary N) is 1. The van der Waals surface area contributed by atoms with Crippen molar-refractivity contribution in [1.82, 2.24) is 0 Å². The first kappa shape index (κ1) is 23.2. The number of halogens is 4. The molecule has 3 N–H and O–H groups in total. The normalized spacial score (nSPS) is 12.0. The molecule has 138 valence electrons. The molecule has 0 saturated heterocycles. The average molecular weight is 477 g/mol. The molecule has 0 unspecified atom stereocenters. The molecule has 0 aromatic heterocycles. The molecule has 0 heterocycles. The maximum Gasteiger partial charge on any atom is 0.573 e. The SMILES string of the molecule is CC(C)CSCCCN=C(N)Nc1ccccc1OC(F)(F)F.I. The molecule has 0 aliphatic heterocycles. The van der Waals surface area contributed by atoms with Crippen LogP contribution in [0.5, 0.6) is 5.75 Å². The van der Waals surface area contributed by atoms with Crippen LogP contribution >= 0.6 is 35.7 Å². The molecule has 1 aromatic rings. The lowest BCUT2D eigenvalue weighted by Crippen LogP contribution is -2.24. The second kappa shape index (κ2) is 11.7. The van der Waals surface area contributed by atoms with E-state index in [1.807, 2.05) is 11.8 Å². The maximum absolute atomic E-state index is 12.3. The Morgan fingerprint density at radius 1 is 1.33 bits per heavy atom. The van der Waals surface area contributed by atoms with E-state index in [0.717, 1.165) is 17.9 Å². The third-order valence-corrected chi connectivity index (χ3v) is 4.04. The van der Waals surface area contributed by atoms with Crippen molar-refractivity contribution in [3.63, 3.8) is 0 Å². The molecule has 0 atom stereocenters. The Bertz CT molecular complexity index is 513. The molecule has 0 spiro atoms. The molecule has 0 radical (unpaired) electrons. The second-order valence-corrected chi connectivity index (χ2v) is 6.41. The van der Waals surface area contributed by atoms with E-state index in [1.54, 1.807) is 6.07 Å². The summed E-state index contributed by atoms with van der Waals surface area (Å²) in [6, 6.07) is 5.69. The number of thioether (sulfide) groups is 1. The predicted molar refractivity (Wildman–Crippen MR) is 105 cm³/mol. The summed E-state index contributed by atoms with van der Waals surface area (Å²) in [6.45, 7) is 4.84. The van der Waals surface area contributed by atoms with Gasteiger partial charge in [0.1, 0.15) is 0 Å². The Kier molecular flexibility index (Phi) is 11.3. The van der Waals surface area contributed by atoms with Crippen LogP contribution in [0.2, 0.25) is 0 Å². The van der Waals surface area contributed by atoms with Gasteiger partial charge in [-0.2, -0.15) is 11.8 Å². The lowest BCUT2D eigenvalue weighted by atomic mass is 10.3. The van der Waals surface area contributed by atoms with E-state index in [4.69, 9.17) is 5.73 Å². The number of hydrogen-bond donors (Lipinski definition) is 2. The smallest absolute Gasteiger partial charge is 0.404 e. The van der Waals surface area contributed by atoms with E-state index >= 15 is 0 Å². The highest BCUT2D eigenvalue weighted by molar-refractivity contribution is 14.0. The first-order valence-corrected chi connectivity index (χ1v) is 8.43. The number of guanidine groups is 1. The average Bonchev–Trinajstić information content (AvgIpc) is 2.43. The van der Waals surface area contributed by atoms with Crippen LogP contribution < -0.4 is 15.8 Å². The molecule has 4 nitrogen and oxygen atoms in total. The van der Waals surface area contributed by atoms with Gasteiger partial charge in [-0.25, -0.2) is 0 Å². The summed E-state index contributed by atoms with van der Waals surface area (Å²) in [5.74, 6) is 2.45. The van der Waals surface area contributed by atoms with Crippen LogP contribution in [0.1, 0.15) is 20.3 Å². The molecule has 1 rings (SSSR count). The topological polar surface area (TPSA) is 59.6 Å². The van der Waals surface area contributed by atoms with Crippen LogP contribution in [0, 0.1) is 5.92 Å². The minimum absolute atomic E-state index is 0. The van der Waals surface area contributed by atoms with Gasteiger partial charge < -0.3 is 15.8 Å². The van der Waals surface area contributed by atoms with E-state index in [2.05, 4.69) is 28.9 Å². The van der Waals surface area contributed by atoms with Gasteiger partial charge in [0, 0.05) is 6.54 Å². The van der Waals surface area contributed by atoms with Gasteiger partial charge in [-0.3, -0.25) is 4.99 Å². The molecule has 9 heteroatoms. The second-order valence-electron chi connectivity index (χ2n) is 5.26. The van der Waals surface area contributed by atoms with E-state index in [9.17, 15) is 13.2 Å². The van der Waals surface area contributed by atoms with E-state index in [1.165, 1.54) is 18.2 Å². The van der Waals surface area contributed by atoms with E-state index in [-0.39, 0.29) is 41.4 Å². The first-order valence-electron chi connectivity index (χ1n) is 7.27. The van der Waals surface area contributed by atoms with Gasteiger partial charge in [-0.1, -0.05) is 26.0 Å². The zero-order chi connectivity index (χ0) is 17.3. The Morgan fingerprint density at radius 2 is 2.00 bits per heavy atom. The predicted octanol–water partition coefficient (Wildman–Crippen LogP) is 4.71. The summed E-state index contributed by atoms with van der Waals surface area (Å²) in [6.07, 6.45) is -3.89. The van der Waals surface area contributed by atoms with E-state index < -0.39 is 6.36 Å². The standard InChI is InChI=1S/C15H22F3N3OS.HI/c1-11(2)10-23-9-5-8-20-14(19)21-12-6-3-4-7-13(12)22-15(16,17)18;/h3-4,6-7,11H,5,8-10H2,1-2H3,(H3,19,20,21);1H. The Hall–Kier alpha value is -0.840. The van der Waals surface area contributed by atoms with Crippen LogP contribution in [-0.4, -0.2) is 30.4 Å². The lowest BCUT2D eigenvalue weighted by Gasteiger charge is -2.14. The van der Waals surface area contributed by atoms with Crippen LogP contribution in [0.25, 0.3) is 0 Å². The molecule has 0 amide bonds. The fraction of sp³-hybridized carbons (Fsp3) is 0.533. The number of ether oxygens (including phenoxy) is 1.